The molecule has 0 unspecified atom stereocenters. The molecular formula is C10H10ClN3O3. The fraction of sp³-hybridized carbons (Fsp3) is 0.200. The number of carboxylic acids is 1. The molecule has 1 aromatic rings. The minimum atomic E-state index is -1.15. The first-order valence-corrected chi connectivity index (χ1v) is 5.00. The summed E-state index contributed by atoms with van der Waals surface area (Å²) < 4.78 is 0. The van der Waals surface area contributed by atoms with Gasteiger partial charge in [0.05, 0.1) is 0 Å². The SMILES string of the molecule is C/C(C(=O)O)=C(/C)C(=O)Nc1nccc(Cl)n1. The van der Waals surface area contributed by atoms with Crippen LogP contribution in [0.2, 0.25) is 5.15 Å². The van der Waals surface area contributed by atoms with Gasteiger partial charge in [-0.3, -0.25) is 10.1 Å². The van der Waals surface area contributed by atoms with E-state index in [1.54, 1.807) is 0 Å². The first-order valence-electron chi connectivity index (χ1n) is 4.62. The third kappa shape index (κ3) is 3.53. The number of halogens is 1. The predicted molar refractivity (Wildman–Crippen MR) is 61.7 cm³/mol. The Morgan fingerprint density at radius 2 is 2.00 bits per heavy atom. The second kappa shape index (κ2) is 5.40. The van der Waals surface area contributed by atoms with Gasteiger partial charge in [-0.2, -0.15) is 0 Å². The van der Waals surface area contributed by atoms with Crippen molar-refractivity contribution in [3.8, 4) is 0 Å². The van der Waals surface area contributed by atoms with Gasteiger partial charge in [-0.1, -0.05) is 11.6 Å². The van der Waals surface area contributed by atoms with Crippen LogP contribution in [0.1, 0.15) is 13.8 Å². The highest BCUT2D eigenvalue weighted by atomic mass is 35.5. The number of hydrogen-bond acceptors (Lipinski definition) is 4. The van der Waals surface area contributed by atoms with E-state index in [1.807, 2.05) is 0 Å². The maximum absolute atomic E-state index is 11.6. The molecule has 7 heteroatoms. The number of aromatic nitrogens is 2. The molecule has 0 aliphatic carbocycles. The third-order valence-corrected chi connectivity index (χ3v) is 2.28. The van der Waals surface area contributed by atoms with Gasteiger partial charge in [-0.05, 0) is 19.9 Å². The van der Waals surface area contributed by atoms with Gasteiger partial charge in [0.1, 0.15) is 5.15 Å². The van der Waals surface area contributed by atoms with Crippen molar-refractivity contribution in [3.05, 3.63) is 28.6 Å². The average Bonchev–Trinajstić information content (AvgIpc) is 2.26. The van der Waals surface area contributed by atoms with Gasteiger partial charge >= 0.3 is 5.97 Å². The van der Waals surface area contributed by atoms with E-state index >= 15 is 0 Å². The second-order valence-electron chi connectivity index (χ2n) is 3.21. The molecule has 0 aliphatic rings. The van der Waals surface area contributed by atoms with Crippen LogP contribution >= 0.6 is 11.6 Å². The Morgan fingerprint density at radius 1 is 1.35 bits per heavy atom. The Balaban J connectivity index is 2.87. The summed E-state index contributed by atoms with van der Waals surface area (Å²) in [5.74, 6) is -1.70. The van der Waals surface area contributed by atoms with Crippen LogP contribution in [0, 0.1) is 0 Å². The molecule has 17 heavy (non-hydrogen) atoms. The van der Waals surface area contributed by atoms with Crippen LogP contribution in [0.3, 0.4) is 0 Å². The summed E-state index contributed by atoms with van der Waals surface area (Å²) in [7, 11) is 0. The number of nitrogens with one attached hydrogen (secondary N) is 1. The number of carbonyl (C=O) groups is 2. The van der Waals surface area contributed by atoms with Gasteiger partial charge in [0.2, 0.25) is 5.95 Å². The summed E-state index contributed by atoms with van der Waals surface area (Å²) >= 11 is 5.61. The van der Waals surface area contributed by atoms with Crippen molar-refractivity contribution in [3.63, 3.8) is 0 Å². The molecule has 0 aromatic carbocycles. The van der Waals surface area contributed by atoms with E-state index in [0.717, 1.165) is 0 Å². The molecule has 2 N–H and O–H groups in total. The summed E-state index contributed by atoms with van der Waals surface area (Å²) in [5, 5.41) is 11.3. The minimum Gasteiger partial charge on any atom is -0.478 e. The number of rotatable bonds is 3. The number of hydrogen-bond donors (Lipinski definition) is 2. The van der Waals surface area contributed by atoms with Crippen molar-refractivity contribution < 1.29 is 14.7 Å². The largest absolute Gasteiger partial charge is 0.478 e. The lowest BCUT2D eigenvalue weighted by atomic mass is 10.1. The summed E-state index contributed by atoms with van der Waals surface area (Å²) in [6.07, 6.45) is 1.38. The Kier molecular flexibility index (Phi) is 4.17. The molecule has 0 spiro atoms. The van der Waals surface area contributed by atoms with Crippen molar-refractivity contribution in [1.29, 1.82) is 0 Å². The molecule has 6 nitrogen and oxygen atoms in total. The lowest BCUT2D eigenvalue weighted by molar-refractivity contribution is -0.133. The number of nitrogens with zero attached hydrogens (tertiary/aromatic N) is 2. The van der Waals surface area contributed by atoms with Crippen molar-refractivity contribution in [2.45, 2.75) is 13.8 Å². The van der Waals surface area contributed by atoms with Crippen LogP contribution in [0.25, 0.3) is 0 Å². The smallest absolute Gasteiger partial charge is 0.331 e. The van der Waals surface area contributed by atoms with Crippen molar-refractivity contribution in [2.75, 3.05) is 5.32 Å². The predicted octanol–water partition coefficient (Wildman–Crippen LogP) is 1.49. The van der Waals surface area contributed by atoms with E-state index in [0.29, 0.717) is 0 Å². The summed E-state index contributed by atoms with van der Waals surface area (Å²) in [4.78, 5) is 29.8. The van der Waals surface area contributed by atoms with E-state index in [4.69, 9.17) is 16.7 Å². The van der Waals surface area contributed by atoms with Gasteiger partial charge in [-0.25, -0.2) is 14.8 Å². The molecule has 0 fully saturated rings. The summed E-state index contributed by atoms with van der Waals surface area (Å²) in [6, 6.07) is 1.46. The molecule has 0 aliphatic heterocycles. The minimum absolute atomic E-state index is 0.0278. The van der Waals surface area contributed by atoms with E-state index in [-0.39, 0.29) is 22.2 Å². The molecule has 1 aromatic heterocycles. The van der Waals surface area contributed by atoms with Crippen molar-refractivity contribution >= 4 is 29.4 Å². The second-order valence-corrected chi connectivity index (χ2v) is 3.60. The Bertz CT molecular complexity index is 499. The first kappa shape index (κ1) is 13.1. The zero-order chi connectivity index (χ0) is 13.0. The molecule has 1 heterocycles. The standard InChI is InChI=1S/C10H10ClN3O3/c1-5(6(2)9(16)17)8(15)14-10-12-4-3-7(11)13-10/h3-4H,1-2H3,(H,16,17)(H,12,13,14,15)/b6-5+. The number of anilines is 1. The Labute approximate surface area is 102 Å². The highest BCUT2D eigenvalue weighted by Gasteiger charge is 2.13. The van der Waals surface area contributed by atoms with Gasteiger partial charge in [0.15, 0.2) is 0 Å². The monoisotopic (exact) mass is 255 g/mol. The molecule has 1 rings (SSSR count). The third-order valence-electron chi connectivity index (χ3n) is 2.07. The first-order chi connectivity index (χ1) is 7.91. The van der Waals surface area contributed by atoms with Crippen LogP contribution in [0.5, 0.6) is 0 Å². The highest BCUT2D eigenvalue weighted by Crippen LogP contribution is 2.09. The molecule has 1 amide bonds. The quantitative estimate of drug-likeness (QED) is 0.631. The zero-order valence-electron chi connectivity index (χ0n) is 9.19. The average molecular weight is 256 g/mol. The number of carboxylic acid groups (broad SMARTS) is 1. The molecule has 90 valence electrons. The van der Waals surface area contributed by atoms with Gasteiger partial charge in [0, 0.05) is 17.3 Å². The van der Waals surface area contributed by atoms with E-state index in [1.165, 1.54) is 26.1 Å². The molecule has 0 saturated carbocycles. The topological polar surface area (TPSA) is 92.2 Å². The fourth-order valence-electron chi connectivity index (χ4n) is 0.923. The molecule has 0 bridgehead atoms. The Hall–Kier alpha value is -1.95. The number of aliphatic carboxylic acids is 1. The van der Waals surface area contributed by atoms with E-state index in [9.17, 15) is 9.59 Å². The lowest BCUT2D eigenvalue weighted by Crippen LogP contribution is -2.17. The molecule has 0 saturated heterocycles. The van der Waals surface area contributed by atoms with Crippen LogP contribution < -0.4 is 5.32 Å². The Morgan fingerprint density at radius 3 is 2.53 bits per heavy atom. The number of amides is 1. The molecule has 0 radical (unpaired) electrons. The van der Waals surface area contributed by atoms with Crippen LogP contribution in [0.15, 0.2) is 23.4 Å². The van der Waals surface area contributed by atoms with Gasteiger partial charge < -0.3 is 5.11 Å². The highest BCUT2D eigenvalue weighted by molar-refractivity contribution is 6.29. The maximum Gasteiger partial charge on any atom is 0.331 e. The van der Waals surface area contributed by atoms with Gasteiger partial charge in [0.25, 0.3) is 5.91 Å². The lowest BCUT2D eigenvalue weighted by Gasteiger charge is -2.05. The normalized spacial score (nSPS) is 11.7. The number of carbonyl (C=O) groups excluding carboxylic acids is 1. The van der Waals surface area contributed by atoms with Crippen LogP contribution in [0.4, 0.5) is 5.95 Å². The van der Waals surface area contributed by atoms with Crippen molar-refractivity contribution in [1.82, 2.24) is 9.97 Å². The summed E-state index contributed by atoms with van der Waals surface area (Å²) in [6.45, 7) is 2.75. The zero-order valence-corrected chi connectivity index (χ0v) is 9.95. The molecular weight excluding hydrogens is 246 g/mol. The molecule has 0 atom stereocenters. The van der Waals surface area contributed by atoms with Crippen molar-refractivity contribution in [2.24, 2.45) is 0 Å². The van der Waals surface area contributed by atoms with Crippen LogP contribution in [-0.2, 0) is 9.59 Å². The maximum atomic E-state index is 11.6. The fourth-order valence-corrected chi connectivity index (χ4v) is 1.06. The van der Waals surface area contributed by atoms with E-state index < -0.39 is 11.9 Å². The van der Waals surface area contributed by atoms with Gasteiger partial charge in [-0.15, -0.1) is 0 Å². The van der Waals surface area contributed by atoms with E-state index in [2.05, 4.69) is 15.3 Å². The summed E-state index contributed by atoms with van der Waals surface area (Å²) in [5.41, 5.74) is 0.0469. The van der Waals surface area contributed by atoms with Crippen LogP contribution in [-0.4, -0.2) is 27.0 Å².